The van der Waals surface area contributed by atoms with Crippen LogP contribution < -0.4 is 4.90 Å². The topological polar surface area (TPSA) is 62.1 Å². The van der Waals surface area contributed by atoms with Crippen LogP contribution in [0.25, 0.3) is 10.9 Å². The van der Waals surface area contributed by atoms with E-state index < -0.39 is 11.9 Å². The van der Waals surface area contributed by atoms with Gasteiger partial charge in [-0.1, -0.05) is 11.6 Å². The van der Waals surface area contributed by atoms with Crippen LogP contribution in [-0.4, -0.2) is 39.3 Å². The molecule has 1 aliphatic rings. The first-order valence-electron chi connectivity index (χ1n) is 6.59. The van der Waals surface area contributed by atoms with Crippen molar-refractivity contribution < 1.29 is 9.50 Å². The molecule has 0 saturated carbocycles. The number of aromatic nitrogens is 3. The van der Waals surface area contributed by atoms with Crippen molar-refractivity contribution in [1.29, 1.82) is 0 Å². The van der Waals surface area contributed by atoms with Crippen LogP contribution in [0.5, 0.6) is 0 Å². The van der Waals surface area contributed by atoms with E-state index in [9.17, 15) is 9.50 Å². The van der Waals surface area contributed by atoms with E-state index in [0.29, 0.717) is 30.0 Å². The number of hydrogen-bond acceptors (Lipinski definition) is 5. The number of piperidine rings is 1. The Kier molecular flexibility index (Phi) is 3.86. The average Bonchev–Trinajstić information content (AvgIpc) is 2.44. The highest BCUT2D eigenvalue weighted by Gasteiger charge is 2.24. The van der Waals surface area contributed by atoms with Gasteiger partial charge in [0.2, 0.25) is 5.28 Å². The van der Waals surface area contributed by atoms with Crippen molar-refractivity contribution >= 4 is 39.9 Å². The Morgan fingerprint density at radius 2 is 2.05 bits per heavy atom. The summed E-state index contributed by atoms with van der Waals surface area (Å²) in [6.07, 6.45) is 1.13. The SMILES string of the molecule is Cc1nc(Cl)c(F)c2nc(Cl)nc(N3CCC[C@@H](O)C3)c12. The highest BCUT2D eigenvalue weighted by atomic mass is 35.5. The monoisotopic (exact) mass is 330 g/mol. The molecule has 0 amide bonds. The summed E-state index contributed by atoms with van der Waals surface area (Å²) in [7, 11) is 0. The van der Waals surface area contributed by atoms with Gasteiger partial charge in [-0.15, -0.1) is 0 Å². The van der Waals surface area contributed by atoms with Gasteiger partial charge in [0, 0.05) is 13.1 Å². The zero-order valence-electron chi connectivity index (χ0n) is 11.3. The number of rotatable bonds is 1. The van der Waals surface area contributed by atoms with E-state index in [4.69, 9.17) is 23.2 Å². The smallest absolute Gasteiger partial charge is 0.225 e. The van der Waals surface area contributed by atoms with Crippen LogP contribution in [0.4, 0.5) is 10.2 Å². The van der Waals surface area contributed by atoms with Gasteiger partial charge >= 0.3 is 0 Å². The van der Waals surface area contributed by atoms with Crippen molar-refractivity contribution in [3.05, 3.63) is 21.9 Å². The normalized spacial score (nSPS) is 19.3. The number of halogens is 3. The Morgan fingerprint density at radius 3 is 2.76 bits per heavy atom. The third-order valence-corrected chi connectivity index (χ3v) is 3.99. The Morgan fingerprint density at radius 1 is 1.29 bits per heavy atom. The van der Waals surface area contributed by atoms with Gasteiger partial charge < -0.3 is 10.0 Å². The van der Waals surface area contributed by atoms with Crippen LogP contribution in [0.15, 0.2) is 0 Å². The largest absolute Gasteiger partial charge is 0.391 e. The molecule has 0 radical (unpaired) electrons. The number of pyridine rings is 1. The maximum Gasteiger partial charge on any atom is 0.225 e. The Bertz CT molecular complexity index is 712. The molecule has 3 heterocycles. The number of anilines is 1. The number of hydrogen-bond donors (Lipinski definition) is 1. The predicted octanol–water partition coefficient (Wildman–Crippen LogP) is 2.74. The van der Waals surface area contributed by atoms with Crippen LogP contribution in [0.2, 0.25) is 10.4 Å². The number of nitrogens with zero attached hydrogens (tertiary/aromatic N) is 4. The lowest BCUT2D eigenvalue weighted by molar-refractivity contribution is 0.154. The quantitative estimate of drug-likeness (QED) is 0.643. The van der Waals surface area contributed by atoms with Crippen LogP contribution in [0, 0.1) is 12.7 Å². The van der Waals surface area contributed by atoms with Gasteiger partial charge in [-0.05, 0) is 31.4 Å². The van der Waals surface area contributed by atoms with Gasteiger partial charge in [0.15, 0.2) is 11.0 Å². The van der Waals surface area contributed by atoms with E-state index in [0.717, 1.165) is 12.8 Å². The lowest BCUT2D eigenvalue weighted by atomic mass is 10.1. The van der Waals surface area contributed by atoms with Gasteiger partial charge in [0.05, 0.1) is 17.2 Å². The Hall–Kier alpha value is -1.24. The van der Waals surface area contributed by atoms with Crippen molar-refractivity contribution in [2.45, 2.75) is 25.9 Å². The van der Waals surface area contributed by atoms with Gasteiger partial charge in [0.1, 0.15) is 11.3 Å². The lowest BCUT2D eigenvalue weighted by Crippen LogP contribution is -2.39. The molecule has 1 saturated heterocycles. The lowest BCUT2D eigenvalue weighted by Gasteiger charge is -2.31. The van der Waals surface area contributed by atoms with Gasteiger partial charge in [-0.3, -0.25) is 0 Å². The van der Waals surface area contributed by atoms with Crippen molar-refractivity contribution in [3.8, 4) is 0 Å². The molecule has 0 spiro atoms. The zero-order valence-corrected chi connectivity index (χ0v) is 12.8. The first kappa shape index (κ1) is 14.7. The van der Waals surface area contributed by atoms with E-state index >= 15 is 0 Å². The summed E-state index contributed by atoms with van der Waals surface area (Å²) in [5.41, 5.74) is 0.589. The number of β-amino-alcohol motifs (C(OH)–C–C–N with tert-alkyl or cyclic N) is 1. The molecule has 0 unspecified atom stereocenters. The van der Waals surface area contributed by atoms with Gasteiger partial charge in [0.25, 0.3) is 0 Å². The second-order valence-corrected chi connectivity index (χ2v) is 5.78. The minimum absolute atomic E-state index is 0.0573. The number of aryl methyl sites for hydroxylation is 1. The molecule has 8 heteroatoms. The fraction of sp³-hybridized carbons (Fsp3) is 0.462. The standard InChI is InChI=1S/C13H13Cl2FN4O/c1-6-8-10(9(16)11(14)17-6)18-13(15)19-12(8)20-4-2-3-7(21)5-20/h7,21H,2-5H2,1H3/t7-/m1/s1. The molecule has 2 aromatic rings. The second kappa shape index (κ2) is 5.51. The Labute approximate surface area is 130 Å². The summed E-state index contributed by atoms with van der Waals surface area (Å²) in [6, 6.07) is 0. The fourth-order valence-electron chi connectivity index (χ4n) is 2.64. The molecule has 3 rings (SSSR count). The zero-order chi connectivity index (χ0) is 15.1. The van der Waals surface area contributed by atoms with Crippen LogP contribution in [0.1, 0.15) is 18.5 Å². The van der Waals surface area contributed by atoms with Crippen molar-refractivity contribution in [2.24, 2.45) is 0 Å². The van der Waals surface area contributed by atoms with Crippen molar-refractivity contribution in [3.63, 3.8) is 0 Å². The molecule has 5 nitrogen and oxygen atoms in total. The van der Waals surface area contributed by atoms with Crippen LogP contribution >= 0.6 is 23.2 Å². The van der Waals surface area contributed by atoms with Gasteiger partial charge in [-0.2, -0.15) is 4.98 Å². The summed E-state index contributed by atoms with van der Waals surface area (Å²) in [4.78, 5) is 14.0. The third-order valence-electron chi connectivity index (χ3n) is 3.58. The molecular formula is C13H13Cl2FN4O. The summed E-state index contributed by atoms with van der Waals surface area (Å²) in [5, 5.41) is 10.0. The molecule has 1 N–H and O–H groups in total. The number of fused-ring (bicyclic) bond motifs is 1. The highest BCUT2D eigenvalue weighted by Crippen LogP contribution is 2.32. The molecular weight excluding hydrogens is 318 g/mol. The number of aliphatic hydroxyl groups excluding tert-OH is 1. The predicted molar refractivity (Wildman–Crippen MR) is 79.5 cm³/mol. The summed E-state index contributed by atoms with van der Waals surface area (Å²) < 4.78 is 14.2. The summed E-state index contributed by atoms with van der Waals surface area (Å²) in [6.45, 7) is 2.85. The van der Waals surface area contributed by atoms with E-state index in [-0.39, 0.29) is 16.0 Å². The molecule has 112 valence electrons. The summed E-state index contributed by atoms with van der Waals surface area (Å²) >= 11 is 11.7. The molecule has 0 bridgehead atoms. The molecule has 1 atom stereocenters. The highest BCUT2D eigenvalue weighted by molar-refractivity contribution is 6.31. The molecule has 1 fully saturated rings. The fourth-order valence-corrected chi connectivity index (χ4v) is 3.02. The molecule has 21 heavy (non-hydrogen) atoms. The summed E-state index contributed by atoms with van der Waals surface area (Å²) in [5.74, 6) is -0.218. The van der Waals surface area contributed by atoms with E-state index in [1.807, 2.05) is 4.90 Å². The second-order valence-electron chi connectivity index (χ2n) is 5.08. The first-order chi connectivity index (χ1) is 9.97. The maximum absolute atomic E-state index is 14.2. The average molecular weight is 331 g/mol. The van der Waals surface area contributed by atoms with Crippen molar-refractivity contribution in [1.82, 2.24) is 15.0 Å². The molecule has 1 aliphatic heterocycles. The van der Waals surface area contributed by atoms with Crippen molar-refractivity contribution in [2.75, 3.05) is 18.0 Å². The molecule has 2 aromatic heterocycles. The first-order valence-corrected chi connectivity index (χ1v) is 7.35. The van der Waals surface area contributed by atoms with Gasteiger partial charge in [-0.25, -0.2) is 14.4 Å². The van der Waals surface area contributed by atoms with E-state index in [2.05, 4.69) is 15.0 Å². The van der Waals surface area contributed by atoms with Crippen LogP contribution in [-0.2, 0) is 0 Å². The molecule has 0 aliphatic carbocycles. The Balaban J connectivity index is 2.24. The minimum Gasteiger partial charge on any atom is -0.391 e. The van der Waals surface area contributed by atoms with E-state index in [1.54, 1.807) is 6.92 Å². The van der Waals surface area contributed by atoms with Crippen LogP contribution in [0.3, 0.4) is 0 Å². The number of aliphatic hydroxyl groups is 1. The minimum atomic E-state index is -0.708. The maximum atomic E-state index is 14.2. The third kappa shape index (κ3) is 2.63. The van der Waals surface area contributed by atoms with E-state index in [1.165, 1.54) is 0 Å². The molecule has 0 aromatic carbocycles.